The van der Waals surface area contributed by atoms with Crippen molar-refractivity contribution in [2.75, 3.05) is 0 Å². The molecule has 0 N–H and O–H groups in total. The van der Waals surface area contributed by atoms with Crippen LogP contribution in [0.25, 0.3) is 5.57 Å². The van der Waals surface area contributed by atoms with Gasteiger partial charge in [0, 0.05) is 0 Å². The van der Waals surface area contributed by atoms with Gasteiger partial charge in [-0.2, -0.15) is 0 Å². The quantitative estimate of drug-likeness (QED) is 0.414. The normalized spacial score (nSPS) is 10.6. The van der Waals surface area contributed by atoms with Crippen molar-refractivity contribution >= 4 is 5.57 Å². The Bertz CT molecular complexity index is 891. The van der Waals surface area contributed by atoms with E-state index in [0.717, 1.165) is 17.9 Å². The van der Waals surface area contributed by atoms with Gasteiger partial charge in [-0.05, 0) is 58.6 Å². The Kier molecular flexibility index (Phi) is 8.46. The van der Waals surface area contributed by atoms with Crippen LogP contribution in [-0.4, -0.2) is 0 Å². The summed E-state index contributed by atoms with van der Waals surface area (Å²) in [7, 11) is 0. The summed E-state index contributed by atoms with van der Waals surface area (Å²) < 4.78 is 0. The van der Waals surface area contributed by atoms with E-state index in [9.17, 15) is 0 Å². The molecule has 0 aromatic heterocycles. The molecular weight excluding hydrogens is 348 g/mol. The lowest BCUT2D eigenvalue weighted by atomic mass is 9.92. The first-order valence-electron chi connectivity index (χ1n) is 10.7. The first-order valence-corrected chi connectivity index (χ1v) is 10.7. The summed E-state index contributed by atoms with van der Waals surface area (Å²) in [5.74, 6) is 1.39. The molecule has 0 heterocycles. The predicted molar refractivity (Wildman–Crippen MR) is 130 cm³/mol. The highest BCUT2D eigenvalue weighted by Crippen LogP contribution is 2.25. The van der Waals surface area contributed by atoms with Gasteiger partial charge in [0.2, 0.25) is 0 Å². The van der Waals surface area contributed by atoms with Crippen LogP contribution >= 0.6 is 0 Å². The monoisotopic (exact) mass is 384 g/mol. The summed E-state index contributed by atoms with van der Waals surface area (Å²) in [5.41, 5.74) is 8.92. The fourth-order valence-corrected chi connectivity index (χ4v) is 3.22. The van der Waals surface area contributed by atoms with Crippen LogP contribution in [0.4, 0.5) is 0 Å². The molecule has 3 aromatic carbocycles. The molecule has 0 bridgehead atoms. The topological polar surface area (TPSA) is 0 Å². The number of rotatable bonds is 5. The zero-order chi connectivity index (χ0) is 21.4. The second-order valence-corrected chi connectivity index (χ2v) is 8.80. The molecule has 0 unspecified atom stereocenters. The van der Waals surface area contributed by atoms with Gasteiger partial charge in [0.1, 0.15) is 0 Å². The van der Waals surface area contributed by atoms with Crippen LogP contribution in [0.15, 0.2) is 79.4 Å². The van der Waals surface area contributed by atoms with E-state index < -0.39 is 0 Å². The number of aryl methyl sites for hydroxylation is 1. The van der Waals surface area contributed by atoms with E-state index in [1.165, 1.54) is 33.4 Å². The summed E-state index contributed by atoms with van der Waals surface area (Å²) in [6.07, 6.45) is 0.978. The minimum Gasteiger partial charge on any atom is -0.0906 e. The van der Waals surface area contributed by atoms with Gasteiger partial charge in [0.15, 0.2) is 0 Å². The highest BCUT2D eigenvalue weighted by Gasteiger charge is 2.07. The molecule has 0 atom stereocenters. The van der Waals surface area contributed by atoms with Crippen molar-refractivity contribution < 1.29 is 0 Å². The Balaban J connectivity index is 0.000000687. The van der Waals surface area contributed by atoms with E-state index in [1.54, 1.807) is 0 Å². The second kappa shape index (κ2) is 10.8. The molecule has 0 aliphatic carbocycles. The number of hydrogen-bond acceptors (Lipinski definition) is 0. The Morgan fingerprint density at radius 3 is 1.72 bits per heavy atom. The van der Waals surface area contributed by atoms with Gasteiger partial charge in [-0.1, -0.05) is 120 Å². The molecule has 0 saturated carbocycles. The Morgan fingerprint density at radius 2 is 1.21 bits per heavy atom. The van der Waals surface area contributed by atoms with Crippen LogP contribution in [0, 0.1) is 12.8 Å². The SMILES string of the molecule is C=C(c1ccc(C)cc1)c1ccc(Cc2ccccc2C(C)C)cc1.CC(C)C. The van der Waals surface area contributed by atoms with Crippen molar-refractivity contribution in [2.24, 2.45) is 5.92 Å². The summed E-state index contributed by atoms with van der Waals surface area (Å²) in [5, 5.41) is 0. The van der Waals surface area contributed by atoms with E-state index >= 15 is 0 Å². The van der Waals surface area contributed by atoms with E-state index in [1.807, 2.05) is 0 Å². The van der Waals surface area contributed by atoms with Crippen molar-refractivity contribution in [3.63, 3.8) is 0 Å². The second-order valence-electron chi connectivity index (χ2n) is 8.80. The minimum atomic E-state index is 0.553. The first-order chi connectivity index (χ1) is 13.8. The van der Waals surface area contributed by atoms with Crippen molar-refractivity contribution in [3.05, 3.63) is 113 Å². The van der Waals surface area contributed by atoms with Gasteiger partial charge in [-0.25, -0.2) is 0 Å². The van der Waals surface area contributed by atoms with Crippen LogP contribution < -0.4 is 0 Å². The van der Waals surface area contributed by atoms with Gasteiger partial charge in [-0.3, -0.25) is 0 Å². The average Bonchev–Trinajstić information content (AvgIpc) is 2.68. The van der Waals surface area contributed by atoms with Crippen molar-refractivity contribution in [1.29, 1.82) is 0 Å². The van der Waals surface area contributed by atoms with E-state index in [2.05, 4.69) is 121 Å². The highest BCUT2D eigenvalue weighted by molar-refractivity contribution is 5.78. The van der Waals surface area contributed by atoms with Gasteiger partial charge in [0.25, 0.3) is 0 Å². The van der Waals surface area contributed by atoms with Gasteiger partial charge in [-0.15, -0.1) is 0 Å². The molecule has 3 rings (SSSR count). The molecule has 0 radical (unpaired) electrons. The zero-order valence-electron chi connectivity index (χ0n) is 19.0. The van der Waals surface area contributed by atoms with Crippen LogP contribution in [0.5, 0.6) is 0 Å². The highest BCUT2D eigenvalue weighted by atomic mass is 14.1. The largest absolute Gasteiger partial charge is 0.0906 e. The molecular formula is C29H36. The maximum absolute atomic E-state index is 4.28. The lowest BCUT2D eigenvalue weighted by Crippen LogP contribution is -1.97. The Morgan fingerprint density at radius 1 is 0.724 bits per heavy atom. The fourth-order valence-electron chi connectivity index (χ4n) is 3.22. The smallest absolute Gasteiger partial charge is 0.00229 e. The van der Waals surface area contributed by atoms with Gasteiger partial charge in [0.05, 0.1) is 0 Å². The van der Waals surface area contributed by atoms with Crippen molar-refractivity contribution in [2.45, 2.75) is 53.9 Å². The third-order valence-corrected chi connectivity index (χ3v) is 4.77. The van der Waals surface area contributed by atoms with Crippen LogP contribution in [0.2, 0.25) is 0 Å². The maximum Gasteiger partial charge on any atom is -0.00229 e. The van der Waals surface area contributed by atoms with Crippen molar-refractivity contribution in [1.82, 2.24) is 0 Å². The zero-order valence-corrected chi connectivity index (χ0v) is 19.0. The summed E-state index contributed by atoms with van der Waals surface area (Å²) in [6, 6.07) is 26.2. The molecule has 0 nitrogen and oxygen atoms in total. The summed E-state index contributed by atoms with van der Waals surface area (Å²) in [6.45, 7) is 17.4. The van der Waals surface area contributed by atoms with E-state index in [4.69, 9.17) is 0 Å². The molecule has 152 valence electrons. The van der Waals surface area contributed by atoms with E-state index in [0.29, 0.717) is 5.92 Å². The average molecular weight is 385 g/mol. The third kappa shape index (κ3) is 7.06. The molecule has 3 aromatic rings. The van der Waals surface area contributed by atoms with Crippen LogP contribution in [0.1, 0.15) is 73.9 Å². The van der Waals surface area contributed by atoms with Crippen LogP contribution in [-0.2, 0) is 6.42 Å². The Labute approximate surface area is 178 Å². The number of benzene rings is 3. The Hall–Kier alpha value is -2.60. The fraction of sp³-hybridized carbons (Fsp3) is 0.310. The first kappa shape index (κ1) is 22.7. The van der Waals surface area contributed by atoms with Crippen molar-refractivity contribution in [3.8, 4) is 0 Å². The summed E-state index contributed by atoms with van der Waals surface area (Å²) in [4.78, 5) is 0. The molecule has 0 saturated heterocycles. The molecule has 29 heavy (non-hydrogen) atoms. The maximum atomic E-state index is 4.28. The van der Waals surface area contributed by atoms with Gasteiger partial charge >= 0.3 is 0 Å². The summed E-state index contributed by atoms with van der Waals surface area (Å²) >= 11 is 0. The number of hydrogen-bond donors (Lipinski definition) is 0. The molecule has 0 aliphatic rings. The van der Waals surface area contributed by atoms with Crippen LogP contribution in [0.3, 0.4) is 0 Å². The molecule has 0 aliphatic heterocycles. The molecule has 0 fully saturated rings. The predicted octanol–water partition coefficient (Wildman–Crippen LogP) is 8.43. The molecule has 0 amide bonds. The van der Waals surface area contributed by atoms with E-state index in [-0.39, 0.29) is 0 Å². The van der Waals surface area contributed by atoms with Gasteiger partial charge < -0.3 is 0 Å². The molecule has 0 spiro atoms. The lowest BCUT2D eigenvalue weighted by molar-refractivity contribution is 0.737. The third-order valence-electron chi connectivity index (χ3n) is 4.77. The standard InChI is InChI=1S/C25H26.C4H10/c1-18(2)25-8-6-5-7-24(25)17-21-11-15-23(16-12-21)20(4)22-13-9-19(3)10-14-22;1-4(2)3/h5-16,18H,4,17H2,1-3H3;4H,1-3H3. The lowest BCUT2D eigenvalue weighted by Gasteiger charge is -2.13. The molecule has 0 heteroatoms. The minimum absolute atomic E-state index is 0.553.